The zero-order valence-corrected chi connectivity index (χ0v) is 14.7. The minimum atomic E-state index is 0.196. The second-order valence-electron chi connectivity index (χ2n) is 6.91. The Bertz CT molecular complexity index is 691. The van der Waals surface area contributed by atoms with E-state index in [-0.39, 0.29) is 5.91 Å². The van der Waals surface area contributed by atoms with Crippen molar-refractivity contribution >= 4 is 5.91 Å². The molecule has 5 heteroatoms. The molecule has 1 amide bonds. The molecule has 0 saturated carbocycles. The van der Waals surface area contributed by atoms with E-state index in [4.69, 9.17) is 4.42 Å². The number of aryl methyl sites for hydroxylation is 2. The van der Waals surface area contributed by atoms with Crippen LogP contribution in [0.1, 0.15) is 44.6 Å². The van der Waals surface area contributed by atoms with Crippen LogP contribution in [-0.4, -0.2) is 33.6 Å². The molecular formula is C19H25N3O2. The molecule has 2 heterocycles. The van der Waals surface area contributed by atoms with E-state index in [0.717, 1.165) is 24.9 Å². The number of likely N-dealkylation sites (tertiary alicyclic amines) is 1. The largest absolute Gasteiger partial charge is 0.421 e. The molecule has 3 rings (SSSR count). The Balaban J connectivity index is 1.59. The SMILES string of the molecule is Cc1ccc(-c2nnc(CCC(=O)N3CCC[C@H]3C(C)C)o2)cc1. The lowest BCUT2D eigenvalue weighted by molar-refractivity contribution is -0.132. The van der Waals surface area contributed by atoms with Crippen LogP contribution in [0.5, 0.6) is 0 Å². The van der Waals surface area contributed by atoms with Crippen molar-refractivity contribution in [3.8, 4) is 11.5 Å². The predicted octanol–water partition coefficient (Wildman–Crippen LogP) is 3.62. The Kier molecular flexibility index (Phi) is 4.97. The van der Waals surface area contributed by atoms with Gasteiger partial charge in [-0.3, -0.25) is 4.79 Å². The number of benzene rings is 1. The van der Waals surface area contributed by atoms with Gasteiger partial charge in [-0.15, -0.1) is 10.2 Å². The van der Waals surface area contributed by atoms with Crippen molar-refractivity contribution in [2.45, 2.75) is 52.5 Å². The molecule has 0 radical (unpaired) electrons. The van der Waals surface area contributed by atoms with Gasteiger partial charge in [0.25, 0.3) is 0 Å². The molecule has 0 aliphatic carbocycles. The summed E-state index contributed by atoms with van der Waals surface area (Å²) in [5, 5.41) is 8.17. The zero-order chi connectivity index (χ0) is 17.1. The number of aromatic nitrogens is 2. The van der Waals surface area contributed by atoms with Crippen molar-refractivity contribution in [3.63, 3.8) is 0 Å². The summed E-state index contributed by atoms with van der Waals surface area (Å²) in [4.78, 5) is 14.5. The van der Waals surface area contributed by atoms with Crippen LogP contribution in [0, 0.1) is 12.8 Å². The molecule has 0 bridgehead atoms. The second kappa shape index (κ2) is 7.16. The number of hydrogen-bond donors (Lipinski definition) is 0. The summed E-state index contributed by atoms with van der Waals surface area (Å²) in [6.45, 7) is 7.28. The fourth-order valence-corrected chi connectivity index (χ4v) is 3.32. The Morgan fingerprint density at radius 3 is 2.75 bits per heavy atom. The maximum atomic E-state index is 12.5. The van der Waals surface area contributed by atoms with Crippen LogP contribution in [0.25, 0.3) is 11.5 Å². The summed E-state index contributed by atoms with van der Waals surface area (Å²) in [6, 6.07) is 8.35. The molecule has 0 N–H and O–H groups in total. The monoisotopic (exact) mass is 327 g/mol. The van der Waals surface area contributed by atoms with Gasteiger partial charge in [0.1, 0.15) is 0 Å². The average Bonchev–Trinajstić information content (AvgIpc) is 3.22. The van der Waals surface area contributed by atoms with Gasteiger partial charge in [-0.05, 0) is 37.8 Å². The maximum Gasteiger partial charge on any atom is 0.247 e. The van der Waals surface area contributed by atoms with Gasteiger partial charge in [0.15, 0.2) is 0 Å². The Hall–Kier alpha value is -2.17. The Labute approximate surface area is 143 Å². The number of rotatable bonds is 5. The van der Waals surface area contributed by atoms with E-state index < -0.39 is 0 Å². The summed E-state index contributed by atoms with van der Waals surface area (Å²) in [5.74, 6) is 1.74. The molecular weight excluding hydrogens is 302 g/mol. The highest BCUT2D eigenvalue weighted by molar-refractivity contribution is 5.77. The van der Waals surface area contributed by atoms with Crippen LogP contribution in [0.3, 0.4) is 0 Å². The van der Waals surface area contributed by atoms with Crippen molar-refractivity contribution in [1.82, 2.24) is 15.1 Å². The molecule has 1 atom stereocenters. The fourth-order valence-electron chi connectivity index (χ4n) is 3.32. The number of amides is 1. The Morgan fingerprint density at radius 2 is 2.04 bits per heavy atom. The first kappa shape index (κ1) is 16.7. The minimum absolute atomic E-state index is 0.196. The highest BCUT2D eigenvalue weighted by atomic mass is 16.4. The summed E-state index contributed by atoms with van der Waals surface area (Å²) < 4.78 is 5.70. The van der Waals surface area contributed by atoms with Gasteiger partial charge in [0.05, 0.1) is 0 Å². The smallest absolute Gasteiger partial charge is 0.247 e. The molecule has 1 aliphatic rings. The lowest BCUT2D eigenvalue weighted by Gasteiger charge is -2.27. The minimum Gasteiger partial charge on any atom is -0.421 e. The van der Waals surface area contributed by atoms with Crippen molar-refractivity contribution in [3.05, 3.63) is 35.7 Å². The molecule has 1 aliphatic heterocycles. The second-order valence-corrected chi connectivity index (χ2v) is 6.91. The van der Waals surface area contributed by atoms with Crippen LogP contribution >= 0.6 is 0 Å². The van der Waals surface area contributed by atoms with Crippen LogP contribution in [0.4, 0.5) is 0 Å². The normalized spacial score (nSPS) is 17.7. The third-order valence-corrected chi connectivity index (χ3v) is 4.71. The molecule has 1 fully saturated rings. The summed E-state index contributed by atoms with van der Waals surface area (Å²) >= 11 is 0. The molecule has 1 saturated heterocycles. The molecule has 2 aromatic rings. The first-order valence-corrected chi connectivity index (χ1v) is 8.73. The van der Waals surface area contributed by atoms with Crippen molar-refractivity contribution < 1.29 is 9.21 Å². The van der Waals surface area contributed by atoms with Gasteiger partial charge >= 0.3 is 0 Å². The number of carbonyl (C=O) groups is 1. The molecule has 128 valence electrons. The lowest BCUT2D eigenvalue weighted by atomic mass is 10.0. The van der Waals surface area contributed by atoms with Gasteiger partial charge in [-0.25, -0.2) is 0 Å². The number of nitrogens with zero attached hydrogens (tertiary/aromatic N) is 3. The highest BCUT2D eigenvalue weighted by Gasteiger charge is 2.30. The van der Waals surface area contributed by atoms with Gasteiger partial charge < -0.3 is 9.32 Å². The van der Waals surface area contributed by atoms with Gasteiger partial charge in [0.2, 0.25) is 17.7 Å². The zero-order valence-electron chi connectivity index (χ0n) is 14.7. The van der Waals surface area contributed by atoms with Gasteiger partial charge in [0, 0.05) is 31.0 Å². The Morgan fingerprint density at radius 1 is 1.29 bits per heavy atom. The number of hydrogen-bond acceptors (Lipinski definition) is 4. The lowest BCUT2D eigenvalue weighted by Crippen LogP contribution is -2.38. The topological polar surface area (TPSA) is 59.2 Å². The van der Waals surface area contributed by atoms with Crippen LogP contribution in [-0.2, 0) is 11.2 Å². The summed E-state index contributed by atoms with van der Waals surface area (Å²) in [7, 11) is 0. The van der Waals surface area contributed by atoms with Crippen LogP contribution in [0.15, 0.2) is 28.7 Å². The van der Waals surface area contributed by atoms with E-state index in [1.54, 1.807) is 0 Å². The molecule has 1 aromatic heterocycles. The molecule has 0 unspecified atom stereocenters. The van der Waals surface area contributed by atoms with E-state index in [9.17, 15) is 4.79 Å². The van der Waals surface area contributed by atoms with Crippen LogP contribution in [0.2, 0.25) is 0 Å². The van der Waals surface area contributed by atoms with E-state index >= 15 is 0 Å². The summed E-state index contributed by atoms with van der Waals surface area (Å²) in [6.07, 6.45) is 3.14. The molecule has 0 spiro atoms. The fraction of sp³-hybridized carbons (Fsp3) is 0.526. The van der Waals surface area contributed by atoms with Crippen molar-refractivity contribution in [1.29, 1.82) is 0 Å². The summed E-state index contributed by atoms with van der Waals surface area (Å²) in [5.41, 5.74) is 2.10. The average molecular weight is 327 g/mol. The van der Waals surface area contributed by atoms with E-state index in [1.165, 1.54) is 5.56 Å². The first-order valence-electron chi connectivity index (χ1n) is 8.73. The van der Waals surface area contributed by atoms with E-state index in [1.807, 2.05) is 36.1 Å². The molecule has 24 heavy (non-hydrogen) atoms. The van der Waals surface area contributed by atoms with E-state index in [0.29, 0.717) is 36.6 Å². The molecule has 5 nitrogen and oxygen atoms in total. The van der Waals surface area contributed by atoms with Gasteiger partial charge in [-0.2, -0.15) is 0 Å². The number of carbonyl (C=O) groups excluding carboxylic acids is 1. The molecule has 1 aromatic carbocycles. The third kappa shape index (κ3) is 3.66. The highest BCUT2D eigenvalue weighted by Crippen LogP contribution is 2.25. The maximum absolute atomic E-state index is 12.5. The van der Waals surface area contributed by atoms with Crippen molar-refractivity contribution in [2.24, 2.45) is 5.92 Å². The van der Waals surface area contributed by atoms with Crippen LogP contribution < -0.4 is 0 Å². The van der Waals surface area contributed by atoms with E-state index in [2.05, 4.69) is 24.0 Å². The predicted molar refractivity (Wildman–Crippen MR) is 92.4 cm³/mol. The standard InChI is InChI=1S/C19H25N3O2/c1-13(2)16-5-4-12-22(16)18(23)11-10-17-20-21-19(24-17)15-8-6-14(3)7-9-15/h6-9,13,16H,4-5,10-12H2,1-3H3/t16-/m0/s1. The van der Waals surface area contributed by atoms with Gasteiger partial charge in [-0.1, -0.05) is 31.5 Å². The van der Waals surface area contributed by atoms with Crippen molar-refractivity contribution in [2.75, 3.05) is 6.54 Å². The first-order chi connectivity index (χ1) is 11.5. The third-order valence-electron chi connectivity index (χ3n) is 4.71. The quantitative estimate of drug-likeness (QED) is 0.841.